The molecule has 0 heterocycles. The molecular formula is C18H21NO2. The van der Waals surface area contributed by atoms with E-state index in [1.807, 2.05) is 25.1 Å². The first kappa shape index (κ1) is 15.1. The summed E-state index contributed by atoms with van der Waals surface area (Å²) in [7, 11) is 0. The Morgan fingerprint density at radius 3 is 2.29 bits per heavy atom. The molecule has 3 nitrogen and oxygen atoms in total. The highest BCUT2D eigenvalue weighted by Gasteiger charge is 2.14. The van der Waals surface area contributed by atoms with E-state index in [0.717, 1.165) is 35.2 Å². The van der Waals surface area contributed by atoms with Gasteiger partial charge in [-0.3, -0.25) is 4.79 Å². The minimum Gasteiger partial charge on any atom is -0.507 e. The number of amides is 1. The van der Waals surface area contributed by atoms with Crippen LogP contribution in [-0.2, 0) is 12.8 Å². The molecule has 0 aliphatic rings. The Labute approximate surface area is 125 Å². The van der Waals surface area contributed by atoms with Crippen molar-refractivity contribution in [3.8, 4) is 5.75 Å². The van der Waals surface area contributed by atoms with Crippen LogP contribution in [0.25, 0.3) is 0 Å². The summed E-state index contributed by atoms with van der Waals surface area (Å²) in [5.41, 5.74) is 4.33. The quantitative estimate of drug-likeness (QED) is 0.888. The maximum absolute atomic E-state index is 12.5. The molecule has 0 atom stereocenters. The fourth-order valence-electron chi connectivity index (χ4n) is 2.42. The lowest BCUT2D eigenvalue weighted by molar-refractivity contribution is 0.102. The van der Waals surface area contributed by atoms with Crippen LogP contribution >= 0.6 is 0 Å². The number of rotatable bonds is 4. The highest BCUT2D eigenvalue weighted by atomic mass is 16.3. The second-order valence-electron chi connectivity index (χ2n) is 5.13. The lowest BCUT2D eigenvalue weighted by Crippen LogP contribution is -2.15. The number of hydrogen-bond acceptors (Lipinski definition) is 2. The molecule has 0 aromatic heterocycles. The largest absolute Gasteiger partial charge is 0.507 e. The predicted molar refractivity (Wildman–Crippen MR) is 86.0 cm³/mol. The van der Waals surface area contributed by atoms with Crippen molar-refractivity contribution in [2.75, 3.05) is 5.32 Å². The third-order valence-corrected chi connectivity index (χ3v) is 3.63. The fraction of sp³-hybridized carbons (Fsp3) is 0.278. The van der Waals surface area contributed by atoms with Gasteiger partial charge in [0, 0.05) is 5.69 Å². The van der Waals surface area contributed by atoms with Gasteiger partial charge in [-0.15, -0.1) is 0 Å². The number of phenolic OH excluding ortho intramolecular Hbond substituents is 1. The molecule has 0 unspecified atom stereocenters. The zero-order valence-corrected chi connectivity index (χ0v) is 12.7. The van der Waals surface area contributed by atoms with Gasteiger partial charge in [-0.05, 0) is 43.0 Å². The molecular weight excluding hydrogens is 262 g/mol. The second-order valence-corrected chi connectivity index (χ2v) is 5.13. The number of phenols is 1. The van der Waals surface area contributed by atoms with Crippen molar-refractivity contribution in [2.24, 2.45) is 0 Å². The number of benzene rings is 2. The number of aromatic hydroxyl groups is 1. The molecule has 110 valence electrons. The minimum absolute atomic E-state index is 0.00475. The number of anilines is 1. The maximum Gasteiger partial charge on any atom is 0.259 e. The lowest BCUT2D eigenvalue weighted by atomic mass is 10.0. The van der Waals surface area contributed by atoms with E-state index in [9.17, 15) is 9.90 Å². The van der Waals surface area contributed by atoms with Gasteiger partial charge in [-0.2, -0.15) is 0 Å². The van der Waals surface area contributed by atoms with Crippen molar-refractivity contribution < 1.29 is 9.90 Å². The summed E-state index contributed by atoms with van der Waals surface area (Å²) in [6, 6.07) is 11.1. The number of carbonyl (C=O) groups excluding carboxylic acids is 1. The Hall–Kier alpha value is -2.29. The minimum atomic E-state index is -0.271. The number of para-hydroxylation sites is 1. The molecule has 0 fully saturated rings. The van der Waals surface area contributed by atoms with E-state index in [1.54, 1.807) is 18.2 Å². The molecule has 2 aromatic rings. The van der Waals surface area contributed by atoms with Crippen molar-refractivity contribution in [2.45, 2.75) is 33.6 Å². The Bertz CT molecular complexity index is 640. The highest BCUT2D eigenvalue weighted by molar-refractivity contribution is 6.07. The smallest absolute Gasteiger partial charge is 0.259 e. The van der Waals surface area contributed by atoms with Crippen LogP contribution in [0.15, 0.2) is 36.4 Å². The van der Waals surface area contributed by atoms with Crippen LogP contribution in [0.2, 0.25) is 0 Å². The van der Waals surface area contributed by atoms with Crippen molar-refractivity contribution in [3.05, 3.63) is 58.7 Å². The average molecular weight is 283 g/mol. The van der Waals surface area contributed by atoms with Crippen molar-refractivity contribution in [3.63, 3.8) is 0 Å². The van der Waals surface area contributed by atoms with Crippen molar-refractivity contribution in [1.29, 1.82) is 0 Å². The molecule has 3 heteroatoms. The Kier molecular flexibility index (Phi) is 4.63. The molecule has 2 aromatic carbocycles. The summed E-state index contributed by atoms with van der Waals surface area (Å²) in [6.45, 7) is 6.02. The first-order valence-corrected chi connectivity index (χ1v) is 7.28. The SMILES string of the molecule is CCc1cccc(CC)c1NC(=O)c1cc(C)ccc1O. The average Bonchev–Trinajstić information content (AvgIpc) is 2.49. The van der Waals surface area contributed by atoms with Gasteiger partial charge < -0.3 is 10.4 Å². The number of hydrogen-bond donors (Lipinski definition) is 2. The summed E-state index contributed by atoms with van der Waals surface area (Å²) in [5, 5.41) is 12.8. The monoisotopic (exact) mass is 283 g/mol. The zero-order chi connectivity index (χ0) is 15.4. The van der Waals surface area contributed by atoms with Crippen LogP contribution < -0.4 is 5.32 Å². The van der Waals surface area contributed by atoms with E-state index >= 15 is 0 Å². The molecule has 1 amide bonds. The molecule has 0 saturated carbocycles. The first-order chi connectivity index (χ1) is 10.1. The van der Waals surface area contributed by atoms with Gasteiger partial charge in [-0.25, -0.2) is 0 Å². The molecule has 2 N–H and O–H groups in total. The summed E-state index contributed by atoms with van der Waals surface area (Å²) < 4.78 is 0. The van der Waals surface area contributed by atoms with Crippen LogP contribution in [0.3, 0.4) is 0 Å². The maximum atomic E-state index is 12.5. The van der Waals surface area contributed by atoms with Gasteiger partial charge in [0.25, 0.3) is 5.91 Å². The van der Waals surface area contributed by atoms with Gasteiger partial charge in [0.15, 0.2) is 0 Å². The highest BCUT2D eigenvalue weighted by Crippen LogP contribution is 2.25. The summed E-state index contributed by atoms with van der Waals surface area (Å²) in [6.07, 6.45) is 1.70. The molecule has 0 radical (unpaired) electrons. The van der Waals surface area contributed by atoms with E-state index in [0.29, 0.717) is 5.56 Å². The normalized spacial score (nSPS) is 10.4. The van der Waals surface area contributed by atoms with Crippen LogP contribution in [0.1, 0.15) is 40.9 Å². The summed E-state index contributed by atoms with van der Waals surface area (Å²) >= 11 is 0. The van der Waals surface area contributed by atoms with Gasteiger partial charge in [-0.1, -0.05) is 43.7 Å². The van der Waals surface area contributed by atoms with Crippen molar-refractivity contribution in [1.82, 2.24) is 0 Å². The Balaban J connectivity index is 2.38. The van der Waals surface area contributed by atoms with Crippen LogP contribution in [0.4, 0.5) is 5.69 Å². The number of carbonyl (C=O) groups is 1. The number of nitrogens with one attached hydrogen (secondary N) is 1. The molecule has 0 saturated heterocycles. The van der Waals surface area contributed by atoms with Gasteiger partial charge >= 0.3 is 0 Å². The Morgan fingerprint density at radius 2 is 1.71 bits per heavy atom. The van der Waals surface area contributed by atoms with Crippen LogP contribution in [0.5, 0.6) is 5.75 Å². The Morgan fingerprint density at radius 1 is 1.10 bits per heavy atom. The van der Waals surface area contributed by atoms with E-state index < -0.39 is 0 Å². The second kappa shape index (κ2) is 6.44. The zero-order valence-electron chi connectivity index (χ0n) is 12.7. The van der Waals surface area contributed by atoms with Crippen molar-refractivity contribution >= 4 is 11.6 Å². The van der Waals surface area contributed by atoms with Crippen LogP contribution in [-0.4, -0.2) is 11.0 Å². The molecule has 21 heavy (non-hydrogen) atoms. The molecule has 0 aliphatic carbocycles. The summed E-state index contributed by atoms with van der Waals surface area (Å²) in [4.78, 5) is 12.5. The predicted octanol–water partition coefficient (Wildman–Crippen LogP) is 4.08. The van der Waals surface area contributed by atoms with E-state index in [4.69, 9.17) is 0 Å². The van der Waals surface area contributed by atoms with Gasteiger partial charge in [0.1, 0.15) is 5.75 Å². The van der Waals surface area contributed by atoms with E-state index in [-0.39, 0.29) is 11.7 Å². The fourth-order valence-corrected chi connectivity index (χ4v) is 2.42. The van der Waals surface area contributed by atoms with E-state index in [2.05, 4.69) is 19.2 Å². The standard InChI is InChI=1S/C18H21NO2/c1-4-13-7-6-8-14(5-2)17(13)19-18(21)15-11-12(3)9-10-16(15)20/h6-11,20H,4-5H2,1-3H3,(H,19,21). The van der Waals surface area contributed by atoms with Gasteiger partial charge in [0.2, 0.25) is 0 Å². The lowest BCUT2D eigenvalue weighted by Gasteiger charge is -2.15. The van der Waals surface area contributed by atoms with Crippen LogP contribution in [0, 0.1) is 6.92 Å². The molecule has 0 aliphatic heterocycles. The van der Waals surface area contributed by atoms with E-state index in [1.165, 1.54) is 0 Å². The third-order valence-electron chi connectivity index (χ3n) is 3.63. The molecule has 0 spiro atoms. The third kappa shape index (κ3) is 3.24. The molecule has 2 rings (SSSR count). The summed E-state index contributed by atoms with van der Waals surface area (Å²) in [5.74, 6) is -0.267. The number of aryl methyl sites for hydroxylation is 3. The first-order valence-electron chi connectivity index (χ1n) is 7.28. The van der Waals surface area contributed by atoms with Gasteiger partial charge in [0.05, 0.1) is 5.56 Å². The molecule has 0 bridgehead atoms. The topological polar surface area (TPSA) is 49.3 Å².